The minimum Gasteiger partial charge on any atom is -0.411 e. The molecule has 0 amide bonds. The molecule has 1 aromatic rings. The number of alkyl halides is 1. The highest BCUT2D eigenvalue weighted by atomic mass is 35.5. The van der Waals surface area contributed by atoms with Gasteiger partial charge in [0.05, 0.1) is 0 Å². The molecule has 7 heteroatoms. The van der Waals surface area contributed by atoms with Gasteiger partial charge in [0.2, 0.25) is 0 Å². The molecule has 2 rings (SSSR count). The van der Waals surface area contributed by atoms with Crippen LogP contribution in [0.4, 0.5) is 0 Å². The van der Waals surface area contributed by atoms with E-state index in [1.165, 1.54) is 15.8 Å². The highest BCUT2D eigenvalue weighted by Crippen LogP contribution is 2.17. The van der Waals surface area contributed by atoms with Crippen molar-refractivity contribution in [2.24, 2.45) is 10.3 Å². The predicted octanol–water partition coefficient (Wildman–Crippen LogP) is 2.10. The van der Waals surface area contributed by atoms with Crippen LogP contribution in [0.15, 0.2) is 40.6 Å². The number of halogens is 2. The Morgan fingerprint density at radius 1 is 1.41 bits per heavy atom. The maximum absolute atomic E-state index is 9.05. The van der Waals surface area contributed by atoms with Crippen LogP contribution in [0.1, 0.15) is 5.56 Å². The molecule has 1 unspecified atom stereocenters. The van der Waals surface area contributed by atoms with Gasteiger partial charge in [-0.1, -0.05) is 47.1 Å². The molecule has 17 heavy (non-hydrogen) atoms. The second kappa shape index (κ2) is 5.25. The van der Waals surface area contributed by atoms with E-state index < -0.39 is 5.50 Å². The molecule has 1 aromatic carbocycles. The normalized spacial score (nSPS) is 17.6. The van der Waals surface area contributed by atoms with Gasteiger partial charge in [-0.3, -0.25) is 9.43 Å². The van der Waals surface area contributed by atoms with Gasteiger partial charge in [-0.25, -0.2) is 0 Å². The molecule has 5 nitrogen and oxygen atoms in total. The standard InChI is InChI=1S/C10H10Cl2N4O/c11-10(16-7-15(12)6-13-16)9(14-17)8-4-2-1-3-5-8/h1-6,10,17H,7H2. The van der Waals surface area contributed by atoms with Gasteiger partial charge in [-0.2, -0.15) is 5.10 Å². The number of hydrogen-bond acceptors (Lipinski definition) is 5. The van der Waals surface area contributed by atoms with Crippen LogP contribution in [0.3, 0.4) is 0 Å². The second-order valence-electron chi connectivity index (χ2n) is 3.40. The Balaban J connectivity index is 2.18. The van der Waals surface area contributed by atoms with Crippen LogP contribution in [-0.4, -0.2) is 38.9 Å². The Labute approximate surface area is 109 Å². The average molecular weight is 273 g/mol. The summed E-state index contributed by atoms with van der Waals surface area (Å²) in [5, 5.41) is 17.8. The molecule has 1 aliphatic heterocycles. The summed E-state index contributed by atoms with van der Waals surface area (Å²) in [6.45, 7) is 0.335. The molecule has 0 aromatic heterocycles. The first-order valence-electron chi connectivity index (χ1n) is 4.87. The first-order chi connectivity index (χ1) is 8.22. The lowest BCUT2D eigenvalue weighted by molar-refractivity contribution is 0.279. The number of hydrazone groups is 1. The van der Waals surface area contributed by atoms with Crippen LogP contribution in [0.5, 0.6) is 0 Å². The van der Waals surface area contributed by atoms with Crippen LogP contribution in [0, 0.1) is 0 Å². The molecule has 0 saturated carbocycles. The van der Waals surface area contributed by atoms with E-state index >= 15 is 0 Å². The van der Waals surface area contributed by atoms with Crippen LogP contribution in [0.2, 0.25) is 0 Å². The summed E-state index contributed by atoms with van der Waals surface area (Å²) < 4.78 is 1.36. The molecule has 1 atom stereocenters. The maximum Gasteiger partial charge on any atom is 0.168 e. The van der Waals surface area contributed by atoms with Crippen LogP contribution in [0.25, 0.3) is 0 Å². The summed E-state index contributed by atoms with van der Waals surface area (Å²) in [5.41, 5.74) is 0.386. The average Bonchev–Trinajstić information content (AvgIpc) is 2.78. The van der Waals surface area contributed by atoms with E-state index in [9.17, 15) is 0 Å². The number of rotatable bonds is 3. The number of nitrogens with zero attached hydrogens (tertiary/aromatic N) is 4. The topological polar surface area (TPSA) is 51.4 Å². The van der Waals surface area contributed by atoms with Crippen molar-refractivity contribution in [2.75, 3.05) is 6.67 Å². The minimum atomic E-state index is -0.678. The van der Waals surface area contributed by atoms with Crippen LogP contribution < -0.4 is 0 Å². The number of oxime groups is 1. The summed E-state index contributed by atoms with van der Waals surface area (Å²) in [6, 6.07) is 9.16. The molecule has 0 radical (unpaired) electrons. The SMILES string of the molecule is ON=C(c1ccccc1)C(Cl)N1CN(Cl)C=N1. The lowest BCUT2D eigenvalue weighted by atomic mass is 10.1. The molecule has 0 fully saturated rings. The fourth-order valence-electron chi connectivity index (χ4n) is 1.46. The molecule has 0 spiro atoms. The van der Waals surface area contributed by atoms with Gasteiger partial charge in [0.1, 0.15) is 18.7 Å². The van der Waals surface area contributed by atoms with Crippen molar-refractivity contribution in [3.05, 3.63) is 35.9 Å². The van der Waals surface area contributed by atoms with Crippen molar-refractivity contribution in [2.45, 2.75) is 5.50 Å². The quantitative estimate of drug-likeness (QED) is 0.229. The molecule has 0 bridgehead atoms. The molecular weight excluding hydrogens is 263 g/mol. The zero-order valence-electron chi connectivity index (χ0n) is 8.74. The Hall–Kier alpha value is -1.46. The lowest BCUT2D eigenvalue weighted by Gasteiger charge is -2.21. The molecule has 1 heterocycles. The molecule has 1 N–H and O–H groups in total. The van der Waals surface area contributed by atoms with Gasteiger partial charge in [-0.05, 0) is 0 Å². The Kier molecular flexibility index (Phi) is 3.71. The van der Waals surface area contributed by atoms with Crippen LogP contribution in [-0.2, 0) is 0 Å². The Bertz CT molecular complexity index is 437. The van der Waals surface area contributed by atoms with Gasteiger partial charge >= 0.3 is 0 Å². The summed E-state index contributed by atoms with van der Waals surface area (Å²) in [4.78, 5) is 0. The smallest absolute Gasteiger partial charge is 0.168 e. The minimum absolute atomic E-state index is 0.330. The summed E-state index contributed by atoms with van der Waals surface area (Å²) in [6.07, 6.45) is 1.44. The zero-order valence-corrected chi connectivity index (χ0v) is 10.3. The Morgan fingerprint density at radius 2 is 2.12 bits per heavy atom. The van der Waals surface area contributed by atoms with E-state index in [1.807, 2.05) is 30.3 Å². The van der Waals surface area contributed by atoms with Crippen molar-refractivity contribution in [1.82, 2.24) is 9.43 Å². The molecule has 1 aliphatic rings. The predicted molar refractivity (Wildman–Crippen MR) is 67.3 cm³/mol. The Morgan fingerprint density at radius 3 is 2.65 bits per heavy atom. The maximum atomic E-state index is 9.05. The summed E-state index contributed by atoms with van der Waals surface area (Å²) in [5.74, 6) is 0. The van der Waals surface area contributed by atoms with Crippen molar-refractivity contribution in [3.8, 4) is 0 Å². The summed E-state index contributed by atoms with van der Waals surface area (Å²) >= 11 is 11.9. The van der Waals surface area contributed by atoms with E-state index in [-0.39, 0.29) is 0 Å². The summed E-state index contributed by atoms with van der Waals surface area (Å²) in [7, 11) is 0. The van der Waals surface area contributed by atoms with E-state index in [1.54, 1.807) is 0 Å². The van der Waals surface area contributed by atoms with Gasteiger partial charge < -0.3 is 5.21 Å². The van der Waals surface area contributed by atoms with Gasteiger partial charge in [0.25, 0.3) is 0 Å². The van der Waals surface area contributed by atoms with Gasteiger partial charge in [0, 0.05) is 17.3 Å². The van der Waals surface area contributed by atoms with E-state index in [2.05, 4.69) is 10.3 Å². The monoisotopic (exact) mass is 272 g/mol. The fraction of sp³-hybridized carbons (Fsp3) is 0.200. The fourth-order valence-corrected chi connectivity index (χ4v) is 1.89. The van der Waals surface area contributed by atoms with Gasteiger partial charge in [-0.15, -0.1) is 0 Å². The molecule has 90 valence electrons. The molecule has 0 aliphatic carbocycles. The van der Waals surface area contributed by atoms with Crippen LogP contribution >= 0.6 is 23.4 Å². The largest absolute Gasteiger partial charge is 0.411 e. The molecule has 0 saturated heterocycles. The van der Waals surface area contributed by atoms with Crippen molar-refractivity contribution in [3.63, 3.8) is 0 Å². The third-order valence-electron chi connectivity index (χ3n) is 2.27. The highest BCUT2D eigenvalue weighted by molar-refractivity contribution is 6.34. The van der Waals surface area contributed by atoms with E-state index in [0.717, 1.165) is 5.56 Å². The third kappa shape index (κ3) is 2.62. The highest BCUT2D eigenvalue weighted by Gasteiger charge is 2.26. The first-order valence-corrected chi connectivity index (χ1v) is 5.64. The van der Waals surface area contributed by atoms with Gasteiger partial charge in [0.15, 0.2) is 5.50 Å². The van der Waals surface area contributed by atoms with E-state index in [0.29, 0.717) is 12.4 Å². The van der Waals surface area contributed by atoms with Crippen molar-refractivity contribution >= 4 is 35.4 Å². The molecular formula is C10H10Cl2N4O. The second-order valence-corrected chi connectivity index (χ2v) is 4.25. The first kappa shape index (κ1) is 12.0. The number of hydrogen-bond donors (Lipinski definition) is 1. The van der Waals surface area contributed by atoms with Crippen molar-refractivity contribution < 1.29 is 5.21 Å². The van der Waals surface area contributed by atoms with Crippen molar-refractivity contribution in [1.29, 1.82) is 0 Å². The third-order valence-corrected chi connectivity index (χ3v) is 2.90. The van der Waals surface area contributed by atoms with E-state index in [4.69, 9.17) is 28.6 Å². The lowest BCUT2D eigenvalue weighted by Crippen LogP contribution is -2.34. The number of benzene rings is 1. The zero-order chi connectivity index (χ0) is 12.3.